The van der Waals surface area contributed by atoms with Crippen LogP contribution in [-0.2, 0) is 11.2 Å². The van der Waals surface area contributed by atoms with Crippen LogP contribution in [0.3, 0.4) is 0 Å². The summed E-state index contributed by atoms with van der Waals surface area (Å²) in [5, 5.41) is 2.71. The maximum atomic E-state index is 13.3. The number of rotatable bonds is 6. The number of carbonyl (C=O) groups excluding carboxylic acids is 1. The summed E-state index contributed by atoms with van der Waals surface area (Å²) in [6.45, 7) is 2.60. The molecule has 0 heterocycles. The fourth-order valence-corrected chi connectivity index (χ4v) is 1.84. The van der Waals surface area contributed by atoms with Crippen molar-refractivity contribution in [3.8, 4) is 0 Å². The normalized spacial score (nSPS) is 12.2. The van der Waals surface area contributed by atoms with E-state index in [-0.39, 0.29) is 17.9 Å². The third kappa shape index (κ3) is 5.58. The molecule has 0 bridgehead atoms. The average molecular weight is 320 g/mol. The van der Waals surface area contributed by atoms with Crippen LogP contribution in [-0.4, -0.2) is 17.3 Å². The van der Waals surface area contributed by atoms with Gasteiger partial charge in [0, 0.05) is 17.4 Å². The van der Waals surface area contributed by atoms with Crippen molar-refractivity contribution in [3.63, 3.8) is 0 Å². The van der Waals surface area contributed by atoms with E-state index in [1.54, 1.807) is 0 Å². The smallest absolute Gasteiger partial charge is 0.224 e. The van der Waals surface area contributed by atoms with Crippen molar-refractivity contribution < 1.29 is 13.6 Å². The molecular formula is C13H16BrF2NO. The predicted molar refractivity (Wildman–Crippen MR) is 70.7 cm³/mol. The Hall–Kier alpha value is -0.970. The molecule has 1 aromatic carbocycles. The van der Waals surface area contributed by atoms with Crippen LogP contribution in [0.25, 0.3) is 0 Å². The van der Waals surface area contributed by atoms with E-state index >= 15 is 0 Å². The van der Waals surface area contributed by atoms with Gasteiger partial charge in [-0.25, -0.2) is 8.78 Å². The average Bonchev–Trinajstić information content (AvgIpc) is 2.28. The number of hydrogen-bond acceptors (Lipinski definition) is 1. The summed E-state index contributed by atoms with van der Waals surface area (Å²) < 4.78 is 25.9. The highest BCUT2D eigenvalue weighted by Crippen LogP contribution is 2.10. The second-order valence-electron chi connectivity index (χ2n) is 4.19. The molecule has 0 aliphatic rings. The molecule has 1 rings (SSSR count). The molecule has 0 saturated carbocycles. The largest absolute Gasteiger partial charge is 0.356 e. The summed E-state index contributed by atoms with van der Waals surface area (Å²) in [6.07, 6.45) is 1.77. The van der Waals surface area contributed by atoms with Gasteiger partial charge in [-0.15, -0.1) is 0 Å². The number of halogens is 3. The van der Waals surface area contributed by atoms with E-state index in [2.05, 4.69) is 21.2 Å². The van der Waals surface area contributed by atoms with Gasteiger partial charge in [0.05, 0.1) is 6.42 Å². The van der Waals surface area contributed by atoms with Crippen LogP contribution in [0.2, 0.25) is 0 Å². The number of benzene rings is 1. The molecule has 0 saturated heterocycles. The Labute approximate surface area is 114 Å². The van der Waals surface area contributed by atoms with Crippen LogP contribution in [0.1, 0.15) is 25.3 Å². The topological polar surface area (TPSA) is 29.1 Å². The summed E-state index contributed by atoms with van der Waals surface area (Å²) in [4.78, 5) is 11.9. The lowest BCUT2D eigenvalue weighted by Gasteiger charge is -2.07. The van der Waals surface area contributed by atoms with E-state index in [9.17, 15) is 13.6 Å². The van der Waals surface area contributed by atoms with E-state index in [1.165, 1.54) is 6.07 Å². The number of carbonyl (C=O) groups is 1. The van der Waals surface area contributed by atoms with E-state index in [0.29, 0.717) is 11.4 Å². The molecule has 18 heavy (non-hydrogen) atoms. The molecule has 0 aliphatic heterocycles. The van der Waals surface area contributed by atoms with Gasteiger partial charge >= 0.3 is 0 Å². The first-order valence-electron chi connectivity index (χ1n) is 5.83. The molecule has 1 N–H and O–H groups in total. The monoisotopic (exact) mass is 319 g/mol. The quantitative estimate of drug-likeness (QED) is 0.633. The highest BCUT2D eigenvalue weighted by molar-refractivity contribution is 9.09. The summed E-state index contributed by atoms with van der Waals surface area (Å²) in [7, 11) is 0. The predicted octanol–water partition coefficient (Wildman–Crippen LogP) is 3.19. The van der Waals surface area contributed by atoms with Gasteiger partial charge in [-0.05, 0) is 24.5 Å². The highest BCUT2D eigenvalue weighted by atomic mass is 79.9. The van der Waals surface area contributed by atoms with Gasteiger partial charge in [0.1, 0.15) is 11.6 Å². The molecular weight excluding hydrogens is 304 g/mol. The second kappa shape index (κ2) is 7.46. The van der Waals surface area contributed by atoms with Crippen molar-refractivity contribution in [2.45, 2.75) is 31.0 Å². The van der Waals surface area contributed by atoms with Crippen LogP contribution in [0.5, 0.6) is 0 Å². The first kappa shape index (κ1) is 15.1. The Bertz CT molecular complexity index is 410. The highest BCUT2D eigenvalue weighted by Gasteiger charge is 2.08. The number of amides is 1. The number of hydrogen-bond donors (Lipinski definition) is 1. The number of alkyl halides is 1. The van der Waals surface area contributed by atoms with Gasteiger partial charge in [0.25, 0.3) is 0 Å². The lowest BCUT2D eigenvalue weighted by Crippen LogP contribution is -2.26. The molecule has 1 amide bonds. The third-order valence-corrected chi connectivity index (χ3v) is 2.92. The van der Waals surface area contributed by atoms with E-state index < -0.39 is 11.6 Å². The fourth-order valence-electron chi connectivity index (χ4n) is 1.51. The van der Waals surface area contributed by atoms with Crippen LogP contribution in [0.4, 0.5) is 8.78 Å². The van der Waals surface area contributed by atoms with Crippen LogP contribution in [0.15, 0.2) is 18.2 Å². The van der Waals surface area contributed by atoms with Crippen LogP contribution >= 0.6 is 15.9 Å². The van der Waals surface area contributed by atoms with Crippen molar-refractivity contribution in [1.29, 1.82) is 0 Å². The zero-order valence-electron chi connectivity index (χ0n) is 10.2. The Morgan fingerprint density at radius 1 is 1.44 bits per heavy atom. The van der Waals surface area contributed by atoms with Gasteiger partial charge in [-0.2, -0.15) is 0 Å². The van der Waals surface area contributed by atoms with E-state index in [0.717, 1.165) is 25.0 Å². The molecule has 0 fully saturated rings. The Balaban J connectivity index is 2.35. The van der Waals surface area contributed by atoms with Crippen molar-refractivity contribution in [3.05, 3.63) is 35.4 Å². The summed E-state index contributed by atoms with van der Waals surface area (Å²) in [5.41, 5.74) is 0.211. The minimum atomic E-state index is -0.681. The lowest BCUT2D eigenvalue weighted by molar-refractivity contribution is -0.120. The van der Waals surface area contributed by atoms with Gasteiger partial charge < -0.3 is 5.32 Å². The van der Waals surface area contributed by atoms with Gasteiger partial charge in [0.2, 0.25) is 5.91 Å². The van der Waals surface area contributed by atoms with Gasteiger partial charge in [-0.3, -0.25) is 4.79 Å². The third-order valence-electron chi connectivity index (χ3n) is 2.47. The van der Waals surface area contributed by atoms with Crippen molar-refractivity contribution in [2.24, 2.45) is 0 Å². The second-order valence-corrected chi connectivity index (χ2v) is 5.75. The van der Waals surface area contributed by atoms with Crippen LogP contribution < -0.4 is 5.32 Å². The lowest BCUT2D eigenvalue weighted by atomic mass is 10.1. The molecule has 0 spiro atoms. The number of nitrogens with one attached hydrogen (secondary N) is 1. The molecule has 0 radical (unpaired) electrons. The molecule has 0 aliphatic carbocycles. The molecule has 5 heteroatoms. The molecule has 100 valence electrons. The van der Waals surface area contributed by atoms with E-state index in [1.807, 2.05) is 6.92 Å². The van der Waals surface area contributed by atoms with Crippen LogP contribution in [0, 0.1) is 11.6 Å². The van der Waals surface area contributed by atoms with Gasteiger partial charge in [0.15, 0.2) is 0 Å². The zero-order valence-corrected chi connectivity index (χ0v) is 11.8. The summed E-state index contributed by atoms with van der Waals surface area (Å²) in [6, 6.07) is 3.23. The zero-order chi connectivity index (χ0) is 13.5. The minimum Gasteiger partial charge on any atom is -0.356 e. The van der Waals surface area contributed by atoms with Crippen molar-refractivity contribution >= 4 is 21.8 Å². The van der Waals surface area contributed by atoms with Crippen molar-refractivity contribution in [2.75, 3.05) is 6.54 Å². The molecule has 1 aromatic rings. The standard InChI is InChI=1S/C13H16BrF2NO/c1-9(14)3-2-6-17-13(18)7-10-4-5-11(15)8-12(10)16/h4-5,8-9H,2-3,6-7H2,1H3,(H,17,18). The molecule has 1 unspecified atom stereocenters. The van der Waals surface area contributed by atoms with Gasteiger partial charge in [-0.1, -0.05) is 28.9 Å². The summed E-state index contributed by atoms with van der Waals surface area (Å²) >= 11 is 3.41. The first-order valence-corrected chi connectivity index (χ1v) is 6.75. The fraction of sp³-hybridized carbons (Fsp3) is 0.462. The van der Waals surface area contributed by atoms with E-state index in [4.69, 9.17) is 0 Å². The molecule has 0 aromatic heterocycles. The Morgan fingerprint density at radius 3 is 2.78 bits per heavy atom. The molecule has 2 nitrogen and oxygen atoms in total. The molecule has 1 atom stereocenters. The maximum Gasteiger partial charge on any atom is 0.224 e. The maximum absolute atomic E-state index is 13.3. The minimum absolute atomic E-state index is 0.0595. The Kier molecular flexibility index (Phi) is 6.25. The Morgan fingerprint density at radius 2 is 2.17 bits per heavy atom. The summed E-state index contributed by atoms with van der Waals surface area (Å²) in [5.74, 6) is -1.56. The SMILES string of the molecule is CC(Br)CCCNC(=O)Cc1ccc(F)cc1F. The first-order chi connectivity index (χ1) is 8.49. The van der Waals surface area contributed by atoms with Crippen molar-refractivity contribution in [1.82, 2.24) is 5.32 Å².